The van der Waals surface area contributed by atoms with Gasteiger partial charge >= 0.3 is 23.9 Å². The first-order valence-corrected chi connectivity index (χ1v) is 17.9. The second-order valence-corrected chi connectivity index (χ2v) is 15.2. The summed E-state index contributed by atoms with van der Waals surface area (Å²) >= 11 is 37.7. The molecule has 2 aromatic rings. The zero-order valence-electron chi connectivity index (χ0n) is 27.2. The number of ether oxygens (including phenoxy) is 4. The summed E-state index contributed by atoms with van der Waals surface area (Å²) in [6.07, 6.45) is 3.46. The van der Waals surface area contributed by atoms with Crippen molar-refractivity contribution in [3.8, 4) is 11.5 Å². The van der Waals surface area contributed by atoms with Crippen LogP contribution in [0.15, 0.2) is 12.1 Å². The molecule has 0 saturated heterocycles. The van der Waals surface area contributed by atoms with Crippen LogP contribution in [0.1, 0.15) is 87.9 Å². The van der Waals surface area contributed by atoms with Crippen molar-refractivity contribution < 1.29 is 38.1 Å². The van der Waals surface area contributed by atoms with Gasteiger partial charge in [-0.15, -0.1) is 0 Å². The molecule has 4 atom stereocenters. The number of rotatable bonds is 12. The second-order valence-electron chi connectivity index (χ2n) is 12.8. The van der Waals surface area contributed by atoms with Gasteiger partial charge in [0.2, 0.25) is 0 Å². The largest absolute Gasteiger partial charge is 0.461 e. The molecule has 48 heavy (non-hydrogen) atoms. The maximum Gasteiger partial charge on any atom is 0.423 e. The molecule has 0 aliphatic heterocycles. The van der Waals surface area contributed by atoms with E-state index in [4.69, 9.17) is 88.6 Å². The summed E-state index contributed by atoms with van der Waals surface area (Å²) in [6, 6.07) is 2.27. The van der Waals surface area contributed by atoms with Crippen molar-refractivity contribution in [2.24, 2.45) is 34.5 Å². The van der Waals surface area contributed by atoms with Crippen LogP contribution in [0.5, 0.6) is 11.5 Å². The molecule has 2 aliphatic carbocycles. The Bertz CT molecular complexity index is 1510. The minimum atomic E-state index is -1.64. The Kier molecular flexibility index (Phi) is 12.2. The smallest absolute Gasteiger partial charge is 0.423 e. The average molecular weight is 785 g/mol. The van der Waals surface area contributed by atoms with Crippen LogP contribution in [0.25, 0.3) is 0 Å². The van der Waals surface area contributed by atoms with Crippen LogP contribution in [0.3, 0.4) is 0 Å². The van der Waals surface area contributed by atoms with E-state index in [0.29, 0.717) is 23.7 Å². The average Bonchev–Trinajstić information content (AvgIpc) is 3.76. The van der Waals surface area contributed by atoms with E-state index in [1.54, 1.807) is 0 Å². The van der Waals surface area contributed by atoms with E-state index < -0.39 is 46.5 Å². The molecule has 0 N–H and O–H groups in total. The van der Waals surface area contributed by atoms with Gasteiger partial charge in [-0.2, -0.15) is 0 Å². The first-order valence-electron chi connectivity index (χ1n) is 15.6. The van der Waals surface area contributed by atoms with Gasteiger partial charge in [0.05, 0.1) is 43.3 Å². The number of hydrogen-bond donors (Lipinski definition) is 0. The first-order chi connectivity index (χ1) is 22.5. The van der Waals surface area contributed by atoms with Crippen molar-refractivity contribution in [2.75, 3.05) is 13.2 Å². The Morgan fingerprint density at radius 2 is 0.896 bits per heavy atom. The number of benzene rings is 2. The third-order valence-corrected chi connectivity index (χ3v) is 12.6. The highest BCUT2D eigenvalue weighted by molar-refractivity contribution is 6.47. The van der Waals surface area contributed by atoms with E-state index in [-0.39, 0.29) is 54.2 Å². The summed E-state index contributed by atoms with van der Waals surface area (Å²) < 4.78 is 21.8. The third-order valence-electron chi connectivity index (χ3n) is 10.5. The zero-order chi connectivity index (χ0) is 35.9. The summed E-state index contributed by atoms with van der Waals surface area (Å²) in [5, 5.41) is -1.46. The molecule has 262 valence electrons. The Balaban J connectivity index is 1.56. The topological polar surface area (TPSA) is 105 Å². The molecule has 0 aromatic heterocycles. The molecule has 0 radical (unpaired) electrons. The molecule has 2 saturated carbocycles. The molecule has 8 nitrogen and oxygen atoms in total. The summed E-state index contributed by atoms with van der Waals surface area (Å²) in [5.74, 6) is -5.05. The van der Waals surface area contributed by atoms with E-state index in [1.165, 1.54) is 0 Å². The van der Waals surface area contributed by atoms with Crippen LogP contribution >= 0.6 is 69.6 Å². The van der Waals surface area contributed by atoms with Crippen LogP contribution < -0.4 is 9.47 Å². The van der Waals surface area contributed by atoms with Crippen molar-refractivity contribution in [3.63, 3.8) is 0 Å². The number of carbonyl (C=O) groups excluding carboxylic acids is 4. The second kappa shape index (κ2) is 15.1. The highest BCUT2D eigenvalue weighted by Gasteiger charge is 2.59. The van der Waals surface area contributed by atoms with Crippen LogP contribution in [0.4, 0.5) is 0 Å². The van der Waals surface area contributed by atoms with Gasteiger partial charge in [-0.05, 0) is 48.6 Å². The van der Waals surface area contributed by atoms with Crippen molar-refractivity contribution in [3.05, 3.63) is 53.4 Å². The predicted octanol–water partition coefficient (Wildman–Crippen LogP) is 10.6. The minimum Gasteiger partial charge on any atom is -0.461 e. The minimum absolute atomic E-state index is 0.0873. The fourth-order valence-corrected chi connectivity index (χ4v) is 8.38. The fraction of sp³-hybridized carbons (Fsp3) is 0.529. The van der Waals surface area contributed by atoms with E-state index in [1.807, 2.05) is 13.8 Å². The van der Waals surface area contributed by atoms with E-state index in [0.717, 1.165) is 37.8 Å². The molecule has 0 spiro atoms. The molecule has 2 aromatic carbocycles. The van der Waals surface area contributed by atoms with Gasteiger partial charge in [0, 0.05) is 10.8 Å². The molecule has 4 unspecified atom stereocenters. The maximum absolute atomic E-state index is 13.3. The van der Waals surface area contributed by atoms with Gasteiger partial charge in [-0.25, -0.2) is 19.2 Å². The lowest BCUT2D eigenvalue weighted by atomic mass is 9.97. The first kappa shape index (κ1) is 38.9. The molecule has 2 fully saturated rings. The van der Waals surface area contributed by atoms with Crippen molar-refractivity contribution in [2.45, 2.75) is 67.2 Å². The number of hydrogen-bond acceptors (Lipinski definition) is 8. The molecule has 2 aliphatic rings. The molecule has 4 rings (SSSR count). The molecule has 0 bridgehead atoms. The third kappa shape index (κ3) is 7.26. The van der Waals surface area contributed by atoms with Crippen LogP contribution in [-0.4, -0.2) is 37.1 Å². The fourth-order valence-electron chi connectivity index (χ4n) is 6.94. The van der Waals surface area contributed by atoms with Crippen molar-refractivity contribution in [1.29, 1.82) is 0 Å². The van der Waals surface area contributed by atoms with Gasteiger partial charge in [0.25, 0.3) is 0 Å². The number of halogens is 6. The predicted molar refractivity (Wildman–Crippen MR) is 186 cm³/mol. The normalized spacial score (nSPS) is 25.7. The lowest BCUT2D eigenvalue weighted by molar-refractivity contribution is -0.156. The van der Waals surface area contributed by atoms with Gasteiger partial charge in [-0.1, -0.05) is 124 Å². The van der Waals surface area contributed by atoms with E-state index >= 15 is 0 Å². The van der Waals surface area contributed by atoms with Gasteiger partial charge in [-0.3, -0.25) is 0 Å². The summed E-state index contributed by atoms with van der Waals surface area (Å²) in [7, 11) is 0. The monoisotopic (exact) mass is 782 g/mol. The van der Waals surface area contributed by atoms with Crippen LogP contribution in [0.2, 0.25) is 30.1 Å². The standard InChI is InChI=1S/C34H36Cl6O8/c1-7-9-33(15(3)16(33)4)13-45-29(41)23-25(39)19(35)11-21(37)27(23)47-31(43)32(44)48-28-22(38)12-20(36)26(40)24(28)30(42)46-14-34(10-8-2)17(5)18(34)6/h11-12,15-18H,7-10,13-14H2,1-6H3. The highest BCUT2D eigenvalue weighted by Crippen LogP contribution is 2.62. The number of carbonyl (C=O) groups is 4. The Labute approximate surface area is 309 Å². The van der Waals surface area contributed by atoms with Gasteiger partial charge in [0.1, 0.15) is 11.1 Å². The molecular formula is C34H36Cl6O8. The van der Waals surface area contributed by atoms with Crippen molar-refractivity contribution >= 4 is 93.5 Å². The molecule has 0 amide bonds. The molecule has 14 heteroatoms. The van der Waals surface area contributed by atoms with E-state index in [2.05, 4.69) is 27.7 Å². The van der Waals surface area contributed by atoms with E-state index in [9.17, 15) is 19.2 Å². The summed E-state index contributed by atoms with van der Waals surface area (Å²) in [5.41, 5.74) is -1.32. The van der Waals surface area contributed by atoms with Gasteiger partial charge < -0.3 is 18.9 Å². The Morgan fingerprint density at radius 1 is 0.583 bits per heavy atom. The van der Waals surface area contributed by atoms with Crippen molar-refractivity contribution in [1.82, 2.24) is 0 Å². The van der Waals surface area contributed by atoms with Gasteiger partial charge in [0.15, 0.2) is 11.5 Å². The Morgan fingerprint density at radius 3 is 1.17 bits per heavy atom. The quantitative estimate of drug-likeness (QED) is 0.0907. The SMILES string of the molecule is CCCC1(COC(=O)c2c(Cl)c(Cl)cc(Cl)c2OC(=O)C(=O)Oc2c(Cl)cc(Cl)c(Cl)c2C(=O)OCC2(CCC)C(C)C2C)C(C)C1C. The van der Waals surface area contributed by atoms with Crippen LogP contribution in [-0.2, 0) is 19.1 Å². The number of esters is 4. The maximum atomic E-state index is 13.3. The summed E-state index contributed by atoms with van der Waals surface area (Å²) in [4.78, 5) is 52.9. The molecular weight excluding hydrogens is 749 g/mol. The lowest BCUT2D eigenvalue weighted by Crippen LogP contribution is -2.28. The summed E-state index contributed by atoms with van der Waals surface area (Å²) in [6.45, 7) is 12.6. The zero-order valence-corrected chi connectivity index (χ0v) is 31.8. The lowest BCUT2D eigenvalue weighted by Gasteiger charge is -2.19. The van der Waals surface area contributed by atoms with Crippen LogP contribution in [0, 0.1) is 34.5 Å². The Hall–Kier alpha value is -1.94. The highest BCUT2D eigenvalue weighted by atomic mass is 35.5. The molecule has 0 heterocycles.